The zero-order valence-electron chi connectivity index (χ0n) is 7.21. The first-order valence-corrected chi connectivity index (χ1v) is 4.87. The molecule has 0 aliphatic heterocycles. The Bertz CT molecular complexity index is 320. The molecule has 0 N–H and O–H groups in total. The van der Waals surface area contributed by atoms with Crippen LogP contribution in [-0.2, 0) is 0 Å². The minimum atomic E-state index is -0.561. The first-order chi connectivity index (χ1) is 6.52. The summed E-state index contributed by atoms with van der Waals surface area (Å²) in [5.74, 6) is 0. The van der Waals surface area contributed by atoms with Gasteiger partial charge in [-0.25, -0.2) is 4.98 Å². The molecule has 7 heteroatoms. The molecule has 0 saturated heterocycles. The molecule has 14 heavy (non-hydrogen) atoms. The molecule has 0 aliphatic rings. The van der Waals surface area contributed by atoms with Crippen LogP contribution in [0.5, 0.6) is 0 Å². The van der Waals surface area contributed by atoms with Crippen molar-refractivity contribution in [3.8, 4) is 0 Å². The molecule has 1 heterocycles. The van der Waals surface area contributed by atoms with E-state index in [-0.39, 0.29) is 16.2 Å². The monoisotopic (exact) mass is 256 g/mol. The second-order valence-corrected chi connectivity index (χ2v) is 3.29. The minimum absolute atomic E-state index is 0.0602. The molecular formula is C7H7Cl3N2O2. The number of nitrogens with zero attached hydrogens (tertiary/aromatic N) is 2. The van der Waals surface area contributed by atoms with Gasteiger partial charge in [-0.1, -0.05) is 11.6 Å². The highest BCUT2D eigenvalue weighted by Gasteiger charge is 2.11. The SMILES string of the molecule is Cc1ccc([N+](=O)[O-])c(Cl)n1.ClCCl. The molecule has 0 amide bonds. The van der Waals surface area contributed by atoms with Gasteiger partial charge in [0.25, 0.3) is 0 Å². The van der Waals surface area contributed by atoms with Crippen LogP contribution in [0.4, 0.5) is 5.69 Å². The molecule has 4 nitrogen and oxygen atoms in total. The van der Waals surface area contributed by atoms with Gasteiger partial charge in [-0.15, -0.1) is 23.2 Å². The Labute approximate surface area is 95.9 Å². The maximum atomic E-state index is 10.2. The van der Waals surface area contributed by atoms with Crippen LogP contribution in [-0.4, -0.2) is 15.2 Å². The third kappa shape index (κ3) is 4.60. The average molecular weight is 258 g/mol. The van der Waals surface area contributed by atoms with Crippen LogP contribution in [0.25, 0.3) is 0 Å². The number of rotatable bonds is 1. The third-order valence-corrected chi connectivity index (χ3v) is 1.44. The standard InChI is InChI=1S/C6H5ClN2O2.CH2Cl2/c1-4-2-3-5(9(10)11)6(7)8-4;2-1-3/h2-3H,1H3;1H2. The zero-order valence-corrected chi connectivity index (χ0v) is 9.47. The fraction of sp³-hybridized carbons (Fsp3) is 0.286. The summed E-state index contributed by atoms with van der Waals surface area (Å²) >= 11 is 15.0. The molecule has 1 aromatic heterocycles. The lowest BCUT2D eigenvalue weighted by Crippen LogP contribution is -1.91. The van der Waals surface area contributed by atoms with Gasteiger partial charge in [-0.05, 0) is 13.0 Å². The molecule has 0 fully saturated rings. The van der Waals surface area contributed by atoms with E-state index in [0.717, 1.165) is 0 Å². The van der Waals surface area contributed by atoms with Gasteiger partial charge in [0.1, 0.15) is 0 Å². The van der Waals surface area contributed by atoms with Crippen LogP contribution in [0.2, 0.25) is 5.15 Å². The van der Waals surface area contributed by atoms with Crippen LogP contribution < -0.4 is 0 Å². The smallest absolute Gasteiger partial charge is 0.258 e. The topological polar surface area (TPSA) is 56.0 Å². The van der Waals surface area contributed by atoms with Crippen molar-refractivity contribution in [2.45, 2.75) is 6.92 Å². The van der Waals surface area contributed by atoms with Crippen LogP contribution >= 0.6 is 34.8 Å². The van der Waals surface area contributed by atoms with E-state index in [2.05, 4.69) is 4.98 Å². The molecule has 0 radical (unpaired) electrons. The molecule has 0 atom stereocenters. The van der Waals surface area contributed by atoms with Gasteiger partial charge in [-0.2, -0.15) is 0 Å². The Balaban J connectivity index is 0.000000500. The van der Waals surface area contributed by atoms with Crippen molar-refractivity contribution in [2.24, 2.45) is 0 Å². The number of nitro groups is 1. The fourth-order valence-electron chi connectivity index (χ4n) is 0.654. The number of hydrogen-bond acceptors (Lipinski definition) is 3. The first kappa shape index (κ1) is 13.4. The summed E-state index contributed by atoms with van der Waals surface area (Å²) < 4.78 is 0. The predicted molar refractivity (Wildman–Crippen MR) is 57.2 cm³/mol. The molecular weight excluding hydrogens is 250 g/mol. The van der Waals surface area contributed by atoms with E-state index >= 15 is 0 Å². The highest BCUT2D eigenvalue weighted by atomic mass is 35.5. The number of pyridine rings is 1. The molecule has 0 aliphatic carbocycles. The van der Waals surface area contributed by atoms with Crippen molar-refractivity contribution < 1.29 is 4.92 Å². The van der Waals surface area contributed by atoms with Gasteiger partial charge >= 0.3 is 5.69 Å². The number of aryl methyl sites for hydroxylation is 1. The average Bonchev–Trinajstić information content (AvgIpc) is 2.04. The summed E-state index contributed by atoms with van der Waals surface area (Å²) in [6.45, 7) is 1.72. The van der Waals surface area contributed by atoms with E-state index in [1.165, 1.54) is 6.07 Å². The van der Waals surface area contributed by atoms with E-state index in [4.69, 9.17) is 34.8 Å². The lowest BCUT2D eigenvalue weighted by Gasteiger charge is -1.94. The van der Waals surface area contributed by atoms with Gasteiger partial charge in [0, 0.05) is 11.8 Å². The Morgan fingerprint density at radius 3 is 2.36 bits per heavy atom. The Kier molecular flexibility index (Phi) is 6.53. The summed E-state index contributed by atoms with van der Waals surface area (Å²) in [7, 11) is 0. The lowest BCUT2D eigenvalue weighted by molar-refractivity contribution is -0.385. The van der Waals surface area contributed by atoms with Crippen molar-refractivity contribution >= 4 is 40.5 Å². The number of hydrogen-bond donors (Lipinski definition) is 0. The van der Waals surface area contributed by atoms with E-state index in [1.54, 1.807) is 13.0 Å². The highest BCUT2D eigenvalue weighted by Crippen LogP contribution is 2.20. The van der Waals surface area contributed by atoms with E-state index < -0.39 is 4.92 Å². The van der Waals surface area contributed by atoms with Gasteiger partial charge in [0.15, 0.2) is 0 Å². The maximum Gasteiger partial charge on any atom is 0.306 e. The minimum Gasteiger partial charge on any atom is -0.258 e. The molecule has 0 unspecified atom stereocenters. The van der Waals surface area contributed by atoms with Crippen LogP contribution in [0.1, 0.15) is 5.69 Å². The largest absolute Gasteiger partial charge is 0.306 e. The van der Waals surface area contributed by atoms with E-state index in [9.17, 15) is 10.1 Å². The lowest BCUT2D eigenvalue weighted by atomic mass is 10.3. The van der Waals surface area contributed by atoms with Crippen LogP contribution in [0.3, 0.4) is 0 Å². The first-order valence-electron chi connectivity index (χ1n) is 3.42. The maximum absolute atomic E-state index is 10.2. The molecule has 78 valence electrons. The normalized spacial score (nSPS) is 8.86. The van der Waals surface area contributed by atoms with E-state index in [0.29, 0.717) is 5.69 Å². The van der Waals surface area contributed by atoms with Crippen LogP contribution in [0, 0.1) is 17.0 Å². The summed E-state index contributed by atoms with van der Waals surface area (Å²) in [6.07, 6.45) is 0. The summed E-state index contributed by atoms with van der Waals surface area (Å²) in [5, 5.41) is 10.3. The molecule has 0 spiro atoms. The van der Waals surface area contributed by atoms with Crippen LogP contribution in [0.15, 0.2) is 12.1 Å². The van der Waals surface area contributed by atoms with Gasteiger partial charge < -0.3 is 0 Å². The van der Waals surface area contributed by atoms with Gasteiger partial charge in [-0.3, -0.25) is 10.1 Å². The Hall–Kier alpha value is -0.580. The molecule has 1 aromatic rings. The molecule has 1 rings (SSSR count). The van der Waals surface area contributed by atoms with Gasteiger partial charge in [0.05, 0.1) is 10.3 Å². The number of halogens is 3. The summed E-state index contributed by atoms with van der Waals surface area (Å²) in [4.78, 5) is 13.4. The summed E-state index contributed by atoms with van der Waals surface area (Å²) in [6, 6.07) is 2.88. The van der Waals surface area contributed by atoms with E-state index in [1.807, 2.05) is 0 Å². The quantitative estimate of drug-likeness (QED) is 0.335. The van der Waals surface area contributed by atoms with Gasteiger partial charge in [0.2, 0.25) is 5.15 Å². The van der Waals surface area contributed by atoms with Crippen molar-refractivity contribution in [3.63, 3.8) is 0 Å². The Morgan fingerprint density at radius 1 is 1.50 bits per heavy atom. The van der Waals surface area contributed by atoms with Crippen molar-refractivity contribution in [1.29, 1.82) is 0 Å². The van der Waals surface area contributed by atoms with Crippen molar-refractivity contribution in [3.05, 3.63) is 33.1 Å². The molecule has 0 saturated carbocycles. The zero-order chi connectivity index (χ0) is 11.1. The number of alkyl halides is 2. The Morgan fingerprint density at radius 2 is 2.00 bits per heavy atom. The van der Waals surface area contributed by atoms with Crippen molar-refractivity contribution in [1.82, 2.24) is 4.98 Å². The molecule has 0 bridgehead atoms. The predicted octanol–water partition coefficient (Wildman–Crippen LogP) is 3.37. The third-order valence-electron chi connectivity index (χ3n) is 1.16. The highest BCUT2D eigenvalue weighted by molar-refractivity contribution is 6.40. The molecule has 0 aromatic carbocycles. The number of aromatic nitrogens is 1. The summed E-state index contributed by atoms with van der Waals surface area (Å²) in [5.41, 5.74) is 0.512. The fourth-order valence-corrected chi connectivity index (χ4v) is 0.919. The van der Waals surface area contributed by atoms with Crippen molar-refractivity contribution in [2.75, 3.05) is 5.34 Å². The second kappa shape index (κ2) is 6.81. The second-order valence-electron chi connectivity index (χ2n) is 2.12.